The first kappa shape index (κ1) is 13.8. The van der Waals surface area contributed by atoms with E-state index < -0.39 is 0 Å². The summed E-state index contributed by atoms with van der Waals surface area (Å²) in [5.41, 5.74) is 0.421. The SMILES string of the molecule is O=C(Nc1cc(F)ccc1Br)N[C@H]1CCO[C@H]1C1CC1. The minimum Gasteiger partial charge on any atom is -0.376 e. The van der Waals surface area contributed by atoms with Gasteiger partial charge < -0.3 is 15.4 Å². The van der Waals surface area contributed by atoms with E-state index in [4.69, 9.17) is 4.74 Å². The highest BCUT2D eigenvalue weighted by Crippen LogP contribution is 2.38. The van der Waals surface area contributed by atoms with Crippen LogP contribution in [0.2, 0.25) is 0 Å². The molecule has 1 saturated carbocycles. The van der Waals surface area contributed by atoms with Crippen LogP contribution in [0.1, 0.15) is 19.3 Å². The van der Waals surface area contributed by atoms with Gasteiger partial charge in [-0.25, -0.2) is 9.18 Å². The summed E-state index contributed by atoms with van der Waals surface area (Å²) in [6, 6.07) is 3.91. The Morgan fingerprint density at radius 1 is 1.35 bits per heavy atom. The van der Waals surface area contributed by atoms with Gasteiger partial charge in [-0.05, 0) is 59.3 Å². The fourth-order valence-electron chi connectivity index (χ4n) is 2.58. The number of amides is 2. The Balaban J connectivity index is 1.60. The van der Waals surface area contributed by atoms with E-state index in [1.54, 1.807) is 6.07 Å². The Morgan fingerprint density at radius 2 is 2.15 bits per heavy atom. The largest absolute Gasteiger partial charge is 0.376 e. The number of nitrogens with one attached hydrogen (secondary N) is 2. The van der Waals surface area contributed by atoms with Crippen molar-refractivity contribution >= 4 is 27.6 Å². The number of anilines is 1. The lowest BCUT2D eigenvalue weighted by Gasteiger charge is -2.20. The third-order valence-electron chi connectivity index (χ3n) is 3.72. The van der Waals surface area contributed by atoms with Gasteiger partial charge in [0.2, 0.25) is 0 Å². The molecule has 0 spiro atoms. The molecule has 1 heterocycles. The summed E-state index contributed by atoms with van der Waals surface area (Å²) in [6.07, 6.45) is 3.33. The van der Waals surface area contributed by atoms with Gasteiger partial charge in [-0.2, -0.15) is 0 Å². The second kappa shape index (κ2) is 5.69. The Bertz CT molecular complexity index is 522. The summed E-state index contributed by atoms with van der Waals surface area (Å²) in [4.78, 5) is 12.0. The van der Waals surface area contributed by atoms with Crippen molar-refractivity contribution in [2.75, 3.05) is 11.9 Å². The summed E-state index contributed by atoms with van der Waals surface area (Å²) in [5, 5.41) is 5.59. The standard InChI is InChI=1S/C14H16BrFN2O2/c15-10-4-3-9(16)7-12(10)18-14(19)17-11-5-6-20-13(11)8-1-2-8/h3-4,7-8,11,13H,1-2,5-6H2,(H2,17,18,19)/t11-,13-/m0/s1. The molecule has 2 amide bonds. The number of carbonyl (C=O) groups is 1. The summed E-state index contributed by atoms with van der Waals surface area (Å²) in [5.74, 6) is 0.201. The lowest BCUT2D eigenvalue weighted by Crippen LogP contribution is -2.43. The van der Waals surface area contributed by atoms with Gasteiger partial charge in [-0.15, -0.1) is 0 Å². The predicted octanol–water partition coefficient (Wildman–Crippen LogP) is 3.28. The number of carbonyl (C=O) groups excluding carboxylic acids is 1. The molecule has 1 aromatic carbocycles. The van der Waals surface area contributed by atoms with Gasteiger partial charge in [-0.1, -0.05) is 0 Å². The fraction of sp³-hybridized carbons (Fsp3) is 0.500. The van der Waals surface area contributed by atoms with Crippen LogP contribution in [0.15, 0.2) is 22.7 Å². The maximum Gasteiger partial charge on any atom is 0.319 e. The number of urea groups is 1. The van der Waals surface area contributed by atoms with E-state index in [-0.39, 0.29) is 24.0 Å². The average molecular weight is 343 g/mol. The Labute approximate surface area is 125 Å². The van der Waals surface area contributed by atoms with E-state index in [0.717, 1.165) is 6.42 Å². The van der Waals surface area contributed by atoms with Crippen LogP contribution >= 0.6 is 15.9 Å². The van der Waals surface area contributed by atoms with Crippen molar-refractivity contribution in [1.29, 1.82) is 0 Å². The predicted molar refractivity (Wildman–Crippen MR) is 77.1 cm³/mol. The highest BCUT2D eigenvalue weighted by molar-refractivity contribution is 9.10. The van der Waals surface area contributed by atoms with Gasteiger partial charge in [0.15, 0.2) is 0 Å². The van der Waals surface area contributed by atoms with Crippen molar-refractivity contribution in [3.8, 4) is 0 Å². The van der Waals surface area contributed by atoms with Gasteiger partial charge in [0.25, 0.3) is 0 Å². The van der Waals surface area contributed by atoms with Crippen molar-refractivity contribution in [3.05, 3.63) is 28.5 Å². The average Bonchev–Trinajstić information content (AvgIpc) is 3.15. The minimum absolute atomic E-state index is 0.0508. The van der Waals surface area contributed by atoms with Gasteiger partial charge in [0.1, 0.15) is 5.82 Å². The first-order valence-electron chi connectivity index (χ1n) is 6.77. The van der Waals surface area contributed by atoms with Gasteiger partial charge in [-0.3, -0.25) is 0 Å². The Hall–Kier alpha value is -1.14. The Kier molecular flexibility index (Phi) is 3.94. The van der Waals surface area contributed by atoms with E-state index in [1.165, 1.54) is 25.0 Å². The smallest absolute Gasteiger partial charge is 0.319 e. The van der Waals surface area contributed by atoms with E-state index in [0.29, 0.717) is 22.7 Å². The number of benzene rings is 1. The molecule has 2 fully saturated rings. The molecule has 1 aliphatic carbocycles. The number of hydrogen-bond donors (Lipinski definition) is 2. The monoisotopic (exact) mass is 342 g/mol. The first-order chi connectivity index (χ1) is 9.63. The topological polar surface area (TPSA) is 50.4 Å². The van der Waals surface area contributed by atoms with E-state index >= 15 is 0 Å². The minimum atomic E-state index is -0.386. The van der Waals surface area contributed by atoms with Gasteiger partial charge in [0, 0.05) is 11.1 Å². The lowest BCUT2D eigenvalue weighted by atomic mass is 10.1. The third-order valence-corrected chi connectivity index (χ3v) is 4.41. The zero-order valence-electron chi connectivity index (χ0n) is 10.9. The molecule has 1 aliphatic heterocycles. The van der Waals surface area contributed by atoms with E-state index in [1.807, 2.05) is 0 Å². The number of halogens is 2. The van der Waals surface area contributed by atoms with Crippen molar-refractivity contribution in [2.45, 2.75) is 31.4 Å². The molecule has 2 atom stereocenters. The van der Waals surface area contributed by atoms with Crippen LogP contribution in [0.25, 0.3) is 0 Å². The highest BCUT2D eigenvalue weighted by atomic mass is 79.9. The normalized spacial score (nSPS) is 25.5. The van der Waals surface area contributed by atoms with Crippen molar-refractivity contribution in [3.63, 3.8) is 0 Å². The lowest BCUT2D eigenvalue weighted by molar-refractivity contribution is 0.0829. The van der Waals surface area contributed by atoms with Crippen LogP contribution in [0.4, 0.5) is 14.9 Å². The highest BCUT2D eigenvalue weighted by Gasteiger charge is 2.41. The molecular weight excluding hydrogens is 327 g/mol. The molecule has 0 aromatic heterocycles. The quantitative estimate of drug-likeness (QED) is 0.885. The van der Waals surface area contributed by atoms with Gasteiger partial charge >= 0.3 is 6.03 Å². The number of rotatable bonds is 3. The van der Waals surface area contributed by atoms with Crippen LogP contribution in [-0.2, 0) is 4.74 Å². The maximum absolute atomic E-state index is 13.2. The van der Waals surface area contributed by atoms with Crippen LogP contribution in [0.5, 0.6) is 0 Å². The van der Waals surface area contributed by atoms with Crippen LogP contribution in [-0.4, -0.2) is 24.8 Å². The molecule has 0 radical (unpaired) electrons. The summed E-state index contributed by atoms with van der Waals surface area (Å²) >= 11 is 3.28. The summed E-state index contributed by atoms with van der Waals surface area (Å²) < 4.78 is 19.5. The second-order valence-corrected chi connectivity index (χ2v) is 6.14. The molecule has 20 heavy (non-hydrogen) atoms. The molecule has 6 heteroatoms. The fourth-order valence-corrected chi connectivity index (χ4v) is 2.92. The molecule has 0 unspecified atom stereocenters. The molecule has 3 rings (SSSR count). The molecule has 1 aromatic rings. The second-order valence-electron chi connectivity index (χ2n) is 5.29. The zero-order chi connectivity index (χ0) is 14.1. The maximum atomic E-state index is 13.2. The molecule has 4 nitrogen and oxygen atoms in total. The molecule has 2 N–H and O–H groups in total. The Morgan fingerprint density at radius 3 is 2.90 bits per heavy atom. The zero-order valence-corrected chi connectivity index (χ0v) is 12.5. The molecular formula is C14H16BrFN2O2. The van der Waals surface area contributed by atoms with Crippen molar-refractivity contribution < 1.29 is 13.9 Å². The van der Waals surface area contributed by atoms with Crippen LogP contribution in [0.3, 0.4) is 0 Å². The van der Waals surface area contributed by atoms with Crippen molar-refractivity contribution in [2.24, 2.45) is 5.92 Å². The summed E-state index contributed by atoms with van der Waals surface area (Å²) in [6.45, 7) is 0.690. The van der Waals surface area contributed by atoms with Crippen molar-refractivity contribution in [1.82, 2.24) is 5.32 Å². The summed E-state index contributed by atoms with van der Waals surface area (Å²) in [7, 11) is 0. The molecule has 1 saturated heterocycles. The van der Waals surface area contributed by atoms with Gasteiger partial charge in [0.05, 0.1) is 17.8 Å². The van der Waals surface area contributed by atoms with E-state index in [9.17, 15) is 9.18 Å². The number of hydrogen-bond acceptors (Lipinski definition) is 2. The van der Waals surface area contributed by atoms with Crippen LogP contribution < -0.4 is 10.6 Å². The molecule has 0 bridgehead atoms. The number of ether oxygens (including phenoxy) is 1. The third kappa shape index (κ3) is 3.12. The molecule has 2 aliphatic rings. The van der Waals surface area contributed by atoms with E-state index in [2.05, 4.69) is 26.6 Å². The first-order valence-corrected chi connectivity index (χ1v) is 7.57. The van der Waals surface area contributed by atoms with Crippen LogP contribution in [0, 0.1) is 11.7 Å². The molecule has 108 valence electrons.